The Morgan fingerprint density at radius 3 is 2.77 bits per heavy atom. The minimum absolute atomic E-state index is 0.146. The van der Waals surface area contributed by atoms with Gasteiger partial charge in [-0.1, -0.05) is 18.0 Å². The Hall–Kier alpha value is -1.04. The van der Waals surface area contributed by atoms with Crippen molar-refractivity contribution in [2.45, 2.75) is 32.6 Å². The van der Waals surface area contributed by atoms with Gasteiger partial charge in [-0.25, -0.2) is 0 Å². The molecule has 3 nitrogen and oxygen atoms in total. The lowest BCUT2D eigenvalue weighted by atomic mass is 9.78. The van der Waals surface area contributed by atoms with Crippen LogP contribution in [-0.4, -0.2) is 12.8 Å². The Bertz CT molecular complexity index is 230. The van der Waals surface area contributed by atoms with Crippen molar-refractivity contribution >= 4 is 5.71 Å². The molecule has 1 saturated carbocycles. The highest BCUT2D eigenvalue weighted by atomic mass is 16.6. The number of nitriles is 1. The molecule has 1 fully saturated rings. The molecule has 1 aliphatic rings. The average Bonchev–Trinajstić information content (AvgIpc) is 2.18. The molecule has 0 N–H and O–H groups in total. The number of hydrogen-bond donors (Lipinski definition) is 0. The lowest BCUT2D eigenvalue weighted by molar-refractivity contribution is 0.207. The van der Waals surface area contributed by atoms with E-state index in [0.29, 0.717) is 5.92 Å². The average molecular weight is 180 g/mol. The van der Waals surface area contributed by atoms with Gasteiger partial charge < -0.3 is 4.84 Å². The molecule has 0 spiro atoms. The third kappa shape index (κ3) is 2.45. The van der Waals surface area contributed by atoms with Crippen LogP contribution < -0.4 is 0 Å². The summed E-state index contributed by atoms with van der Waals surface area (Å²) in [4.78, 5) is 4.73. The van der Waals surface area contributed by atoms with E-state index in [4.69, 9.17) is 10.1 Å². The fourth-order valence-electron chi connectivity index (χ4n) is 2.00. The van der Waals surface area contributed by atoms with E-state index >= 15 is 0 Å². The van der Waals surface area contributed by atoms with Gasteiger partial charge in [0.05, 0.1) is 17.7 Å². The van der Waals surface area contributed by atoms with Crippen LogP contribution in [0.1, 0.15) is 32.6 Å². The summed E-state index contributed by atoms with van der Waals surface area (Å²) in [5, 5.41) is 12.8. The standard InChI is InChI=1S/C10H16N2O/c1-8(12-13-2)10-6-4-3-5-9(10)7-11/h9-10H,3-6H2,1-2H3/b12-8+. The molecule has 0 heterocycles. The summed E-state index contributed by atoms with van der Waals surface area (Å²) in [6.07, 6.45) is 4.48. The minimum atomic E-state index is 0.146. The maximum atomic E-state index is 8.93. The lowest BCUT2D eigenvalue weighted by Crippen LogP contribution is -2.24. The van der Waals surface area contributed by atoms with Gasteiger partial charge in [0.15, 0.2) is 0 Å². The van der Waals surface area contributed by atoms with E-state index in [-0.39, 0.29) is 5.92 Å². The van der Waals surface area contributed by atoms with Gasteiger partial charge in [-0.05, 0) is 19.8 Å². The molecule has 0 aromatic heterocycles. The molecule has 2 atom stereocenters. The van der Waals surface area contributed by atoms with Crippen molar-refractivity contribution in [3.8, 4) is 6.07 Å². The van der Waals surface area contributed by atoms with E-state index < -0.39 is 0 Å². The van der Waals surface area contributed by atoms with Gasteiger partial charge in [-0.2, -0.15) is 5.26 Å². The first-order chi connectivity index (χ1) is 6.29. The first-order valence-corrected chi connectivity index (χ1v) is 4.77. The van der Waals surface area contributed by atoms with Crippen molar-refractivity contribution < 1.29 is 4.84 Å². The molecule has 1 aliphatic carbocycles. The van der Waals surface area contributed by atoms with Crippen LogP contribution in [0, 0.1) is 23.2 Å². The summed E-state index contributed by atoms with van der Waals surface area (Å²) in [5.74, 6) is 0.464. The molecule has 1 rings (SSSR count). The third-order valence-electron chi connectivity index (χ3n) is 2.70. The van der Waals surface area contributed by atoms with Crippen molar-refractivity contribution in [2.75, 3.05) is 7.11 Å². The van der Waals surface area contributed by atoms with Crippen LogP contribution in [0.15, 0.2) is 5.16 Å². The molecule has 0 bridgehead atoms. The van der Waals surface area contributed by atoms with E-state index in [2.05, 4.69) is 11.2 Å². The van der Waals surface area contributed by atoms with Crippen LogP contribution in [0.3, 0.4) is 0 Å². The van der Waals surface area contributed by atoms with E-state index in [0.717, 1.165) is 18.6 Å². The van der Waals surface area contributed by atoms with Gasteiger partial charge in [-0.3, -0.25) is 0 Å². The molecule has 3 heteroatoms. The van der Waals surface area contributed by atoms with E-state index in [1.165, 1.54) is 12.8 Å². The van der Waals surface area contributed by atoms with Gasteiger partial charge in [-0.15, -0.1) is 0 Å². The zero-order valence-corrected chi connectivity index (χ0v) is 8.29. The van der Waals surface area contributed by atoms with Crippen LogP contribution in [0.4, 0.5) is 0 Å². The molecule has 0 aromatic rings. The van der Waals surface area contributed by atoms with Crippen molar-refractivity contribution in [3.05, 3.63) is 0 Å². The number of oxime groups is 1. The predicted molar refractivity (Wildman–Crippen MR) is 51.2 cm³/mol. The Labute approximate surface area is 79.4 Å². The summed E-state index contributed by atoms with van der Waals surface area (Å²) in [6, 6.07) is 2.36. The summed E-state index contributed by atoms with van der Waals surface area (Å²) in [6.45, 7) is 1.95. The molecule has 0 aliphatic heterocycles. The normalized spacial score (nSPS) is 29.5. The third-order valence-corrected chi connectivity index (χ3v) is 2.70. The maximum Gasteiger partial charge on any atom is 0.106 e. The smallest absolute Gasteiger partial charge is 0.106 e. The SMILES string of the molecule is CO/N=C(\C)C1CCCCC1C#N. The Morgan fingerprint density at radius 2 is 2.15 bits per heavy atom. The van der Waals surface area contributed by atoms with Crippen molar-refractivity contribution in [1.29, 1.82) is 5.26 Å². The molecular formula is C10H16N2O. The minimum Gasteiger partial charge on any atom is -0.399 e. The lowest BCUT2D eigenvalue weighted by Gasteiger charge is -2.25. The summed E-state index contributed by atoms with van der Waals surface area (Å²) >= 11 is 0. The van der Waals surface area contributed by atoms with E-state index in [9.17, 15) is 0 Å². The molecule has 13 heavy (non-hydrogen) atoms. The van der Waals surface area contributed by atoms with E-state index in [1.54, 1.807) is 7.11 Å². The van der Waals surface area contributed by atoms with Gasteiger partial charge in [0.1, 0.15) is 7.11 Å². The zero-order chi connectivity index (χ0) is 9.68. The molecule has 0 radical (unpaired) electrons. The molecule has 72 valence electrons. The molecule has 0 saturated heterocycles. The van der Waals surface area contributed by atoms with Gasteiger partial charge in [0.2, 0.25) is 0 Å². The monoisotopic (exact) mass is 180 g/mol. The molecular weight excluding hydrogens is 164 g/mol. The van der Waals surface area contributed by atoms with Crippen LogP contribution in [0.25, 0.3) is 0 Å². The summed E-state index contributed by atoms with van der Waals surface area (Å²) < 4.78 is 0. The highest BCUT2D eigenvalue weighted by Gasteiger charge is 2.27. The van der Waals surface area contributed by atoms with Crippen molar-refractivity contribution in [1.82, 2.24) is 0 Å². The highest BCUT2D eigenvalue weighted by Crippen LogP contribution is 2.30. The number of rotatable bonds is 2. The Morgan fingerprint density at radius 1 is 1.46 bits per heavy atom. The topological polar surface area (TPSA) is 45.4 Å². The van der Waals surface area contributed by atoms with Crippen molar-refractivity contribution in [2.24, 2.45) is 17.0 Å². The number of hydrogen-bond acceptors (Lipinski definition) is 3. The van der Waals surface area contributed by atoms with Crippen LogP contribution in [0.2, 0.25) is 0 Å². The van der Waals surface area contributed by atoms with Crippen molar-refractivity contribution in [3.63, 3.8) is 0 Å². The highest BCUT2D eigenvalue weighted by molar-refractivity contribution is 5.84. The Balaban J connectivity index is 2.65. The molecule has 0 aromatic carbocycles. The summed E-state index contributed by atoms with van der Waals surface area (Å²) in [5.41, 5.74) is 0.966. The maximum absolute atomic E-state index is 8.93. The molecule has 0 amide bonds. The van der Waals surface area contributed by atoms with Crippen LogP contribution >= 0.6 is 0 Å². The van der Waals surface area contributed by atoms with Gasteiger partial charge in [0, 0.05) is 5.92 Å². The second-order valence-corrected chi connectivity index (χ2v) is 3.54. The predicted octanol–water partition coefficient (Wildman–Crippen LogP) is 2.34. The van der Waals surface area contributed by atoms with Gasteiger partial charge in [0.25, 0.3) is 0 Å². The van der Waals surface area contributed by atoms with Crippen LogP contribution in [-0.2, 0) is 4.84 Å². The first-order valence-electron chi connectivity index (χ1n) is 4.77. The number of nitrogens with zero attached hydrogens (tertiary/aromatic N) is 2. The molecule has 2 unspecified atom stereocenters. The van der Waals surface area contributed by atoms with Gasteiger partial charge >= 0.3 is 0 Å². The zero-order valence-electron chi connectivity index (χ0n) is 8.29. The quantitative estimate of drug-likeness (QED) is 0.483. The first kappa shape index (κ1) is 10.0. The Kier molecular flexibility index (Phi) is 3.75. The summed E-state index contributed by atoms with van der Waals surface area (Å²) in [7, 11) is 1.55. The second-order valence-electron chi connectivity index (χ2n) is 3.54. The van der Waals surface area contributed by atoms with E-state index in [1.807, 2.05) is 6.92 Å². The fraction of sp³-hybridized carbons (Fsp3) is 0.800. The largest absolute Gasteiger partial charge is 0.399 e. The van der Waals surface area contributed by atoms with Crippen LogP contribution in [0.5, 0.6) is 0 Å². The fourth-order valence-corrected chi connectivity index (χ4v) is 2.00. The second kappa shape index (κ2) is 4.86.